The summed E-state index contributed by atoms with van der Waals surface area (Å²) in [4.78, 5) is 10.8. The molecule has 0 aliphatic carbocycles. The third kappa shape index (κ3) is 2.38. The zero-order chi connectivity index (χ0) is 11.5. The number of hydrogen-bond donors (Lipinski definition) is 2. The molecule has 16 heavy (non-hydrogen) atoms. The number of rotatable bonds is 3. The SMILES string of the molecule is CNc1cc(N2CCC(O)C2)nc(SC)n1. The van der Waals surface area contributed by atoms with Crippen molar-refractivity contribution in [3.05, 3.63) is 6.07 Å². The van der Waals surface area contributed by atoms with Crippen molar-refractivity contribution < 1.29 is 5.11 Å². The first-order valence-electron chi connectivity index (χ1n) is 5.26. The molecule has 0 bridgehead atoms. The molecule has 1 aliphatic heterocycles. The summed E-state index contributed by atoms with van der Waals surface area (Å²) < 4.78 is 0. The standard InChI is InChI=1S/C10H16N4OS/c1-11-8-5-9(13-10(12-8)16-2)14-4-3-7(15)6-14/h5,7,15H,3-4,6H2,1-2H3,(H,11,12,13). The summed E-state index contributed by atoms with van der Waals surface area (Å²) in [7, 11) is 1.84. The molecule has 1 fully saturated rings. The maximum absolute atomic E-state index is 9.51. The fraction of sp³-hybridized carbons (Fsp3) is 0.600. The van der Waals surface area contributed by atoms with Crippen LogP contribution in [0.1, 0.15) is 6.42 Å². The highest BCUT2D eigenvalue weighted by atomic mass is 32.2. The van der Waals surface area contributed by atoms with Crippen LogP contribution in [0.15, 0.2) is 11.2 Å². The molecule has 5 nitrogen and oxygen atoms in total. The van der Waals surface area contributed by atoms with Crippen LogP contribution in [-0.4, -0.2) is 47.6 Å². The van der Waals surface area contributed by atoms with Crippen molar-refractivity contribution >= 4 is 23.4 Å². The molecule has 0 saturated carbocycles. The van der Waals surface area contributed by atoms with Crippen LogP contribution in [0.25, 0.3) is 0 Å². The Kier molecular flexibility index (Phi) is 3.50. The summed E-state index contributed by atoms with van der Waals surface area (Å²) in [5.74, 6) is 1.70. The average molecular weight is 240 g/mol. The summed E-state index contributed by atoms with van der Waals surface area (Å²) in [6.45, 7) is 1.52. The topological polar surface area (TPSA) is 61.3 Å². The lowest BCUT2D eigenvalue weighted by molar-refractivity contribution is 0.198. The Morgan fingerprint density at radius 2 is 2.38 bits per heavy atom. The van der Waals surface area contributed by atoms with Gasteiger partial charge in [-0.15, -0.1) is 0 Å². The normalized spacial score (nSPS) is 20.2. The van der Waals surface area contributed by atoms with E-state index in [-0.39, 0.29) is 6.10 Å². The molecule has 0 amide bonds. The van der Waals surface area contributed by atoms with Crippen LogP contribution in [0, 0.1) is 0 Å². The molecule has 1 aliphatic rings. The Balaban J connectivity index is 2.25. The maximum Gasteiger partial charge on any atom is 0.191 e. The first-order chi connectivity index (χ1) is 7.72. The number of nitrogens with one attached hydrogen (secondary N) is 1. The van der Waals surface area contributed by atoms with Gasteiger partial charge in [0.1, 0.15) is 11.6 Å². The van der Waals surface area contributed by atoms with Gasteiger partial charge in [0.25, 0.3) is 0 Å². The number of nitrogens with zero attached hydrogens (tertiary/aromatic N) is 3. The molecular formula is C10H16N4OS. The molecule has 2 heterocycles. The van der Waals surface area contributed by atoms with E-state index in [9.17, 15) is 5.11 Å². The van der Waals surface area contributed by atoms with E-state index in [1.165, 1.54) is 11.8 Å². The van der Waals surface area contributed by atoms with Crippen molar-refractivity contribution in [2.45, 2.75) is 17.7 Å². The van der Waals surface area contributed by atoms with Gasteiger partial charge in [0.2, 0.25) is 0 Å². The van der Waals surface area contributed by atoms with Crippen molar-refractivity contribution in [3.8, 4) is 0 Å². The Hall–Kier alpha value is -1.01. The second kappa shape index (κ2) is 4.88. The lowest BCUT2D eigenvalue weighted by Crippen LogP contribution is -2.22. The van der Waals surface area contributed by atoms with E-state index in [1.54, 1.807) is 0 Å². The number of aliphatic hydroxyl groups excluding tert-OH is 1. The van der Waals surface area contributed by atoms with Gasteiger partial charge in [0, 0.05) is 26.2 Å². The van der Waals surface area contributed by atoms with Gasteiger partial charge in [-0.25, -0.2) is 9.97 Å². The number of thioether (sulfide) groups is 1. The highest BCUT2D eigenvalue weighted by Crippen LogP contribution is 2.23. The van der Waals surface area contributed by atoms with Gasteiger partial charge in [0.05, 0.1) is 6.10 Å². The van der Waals surface area contributed by atoms with Crippen molar-refractivity contribution in [1.29, 1.82) is 0 Å². The second-order valence-corrected chi connectivity index (χ2v) is 4.51. The highest BCUT2D eigenvalue weighted by molar-refractivity contribution is 7.98. The Labute approximate surface area is 99.3 Å². The van der Waals surface area contributed by atoms with Gasteiger partial charge >= 0.3 is 0 Å². The molecule has 0 radical (unpaired) electrons. The fourth-order valence-electron chi connectivity index (χ4n) is 1.74. The average Bonchev–Trinajstić information content (AvgIpc) is 2.75. The lowest BCUT2D eigenvalue weighted by atomic mass is 10.3. The van der Waals surface area contributed by atoms with Crippen LogP contribution in [0.4, 0.5) is 11.6 Å². The van der Waals surface area contributed by atoms with Crippen LogP contribution in [0.3, 0.4) is 0 Å². The minimum Gasteiger partial charge on any atom is -0.391 e. The number of hydrogen-bond acceptors (Lipinski definition) is 6. The smallest absolute Gasteiger partial charge is 0.191 e. The predicted octanol–water partition coefficient (Wildman–Crippen LogP) is 0.811. The summed E-state index contributed by atoms with van der Waals surface area (Å²) in [6.07, 6.45) is 2.54. The molecule has 0 aromatic carbocycles. The van der Waals surface area contributed by atoms with Crippen LogP contribution >= 0.6 is 11.8 Å². The first kappa shape index (κ1) is 11.5. The molecule has 1 unspecified atom stereocenters. The summed E-state index contributed by atoms with van der Waals surface area (Å²) >= 11 is 1.52. The van der Waals surface area contributed by atoms with E-state index in [2.05, 4.69) is 20.2 Å². The molecule has 88 valence electrons. The summed E-state index contributed by atoms with van der Waals surface area (Å²) in [5.41, 5.74) is 0. The lowest BCUT2D eigenvalue weighted by Gasteiger charge is -2.17. The van der Waals surface area contributed by atoms with Gasteiger partial charge in [-0.05, 0) is 12.7 Å². The van der Waals surface area contributed by atoms with E-state index < -0.39 is 0 Å². The zero-order valence-electron chi connectivity index (χ0n) is 9.47. The number of aromatic nitrogens is 2. The second-order valence-electron chi connectivity index (χ2n) is 3.74. The van der Waals surface area contributed by atoms with Gasteiger partial charge in [-0.2, -0.15) is 0 Å². The van der Waals surface area contributed by atoms with E-state index in [1.807, 2.05) is 19.4 Å². The van der Waals surface area contributed by atoms with Gasteiger partial charge in [-0.1, -0.05) is 11.8 Å². The zero-order valence-corrected chi connectivity index (χ0v) is 10.3. The largest absolute Gasteiger partial charge is 0.391 e. The minimum atomic E-state index is -0.231. The predicted molar refractivity (Wildman–Crippen MR) is 66.2 cm³/mol. The molecule has 1 aromatic heterocycles. The van der Waals surface area contributed by atoms with E-state index >= 15 is 0 Å². The van der Waals surface area contributed by atoms with Crippen molar-refractivity contribution in [1.82, 2.24) is 9.97 Å². The Morgan fingerprint density at radius 3 is 2.94 bits per heavy atom. The van der Waals surface area contributed by atoms with Crippen LogP contribution in [0.2, 0.25) is 0 Å². The number of β-amino-alcohol motifs (C(OH)–C–C–N with tert-alkyl or cyclic N) is 1. The van der Waals surface area contributed by atoms with E-state index in [0.717, 1.165) is 29.8 Å². The molecular weight excluding hydrogens is 224 g/mol. The van der Waals surface area contributed by atoms with Gasteiger partial charge < -0.3 is 15.3 Å². The Morgan fingerprint density at radius 1 is 1.56 bits per heavy atom. The third-order valence-corrected chi connectivity index (χ3v) is 3.17. The minimum absolute atomic E-state index is 0.231. The number of aliphatic hydroxyl groups is 1. The highest BCUT2D eigenvalue weighted by Gasteiger charge is 2.22. The Bertz CT molecular complexity index is 352. The summed E-state index contributed by atoms with van der Waals surface area (Å²) in [5, 5.41) is 13.3. The van der Waals surface area contributed by atoms with Crippen LogP contribution in [0.5, 0.6) is 0 Å². The summed E-state index contributed by atoms with van der Waals surface area (Å²) in [6, 6.07) is 1.91. The molecule has 1 saturated heterocycles. The molecule has 0 spiro atoms. The first-order valence-corrected chi connectivity index (χ1v) is 6.49. The van der Waals surface area contributed by atoms with Gasteiger partial charge in [0.15, 0.2) is 5.16 Å². The van der Waals surface area contributed by atoms with Crippen molar-refractivity contribution in [2.75, 3.05) is 36.6 Å². The van der Waals surface area contributed by atoms with Crippen LogP contribution < -0.4 is 10.2 Å². The van der Waals surface area contributed by atoms with E-state index in [4.69, 9.17) is 0 Å². The van der Waals surface area contributed by atoms with Crippen molar-refractivity contribution in [3.63, 3.8) is 0 Å². The third-order valence-electron chi connectivity index (χ3n) is 2.62. The molecule has 6 heteroatoms. The monoisotopic (exact) mass is 240 g/mol. The maximum atomic E-state index is 9.51. The molecule has 2 rings (SSSR count). The fourth-order valence-corrected chi connectivity index (χ4v) is 2.12. The van der Waals surface area contributed by atoms with E-state index in [0.29, 0.717) is 6.54 Å². The van der Waals surface area contributed by atoms with Crippen molar-refractivity contribution in [2.24, 2.45) is 0 Å². The van der Waals surface area contributed by atoms with Crippen LogP contribution in [-0.2, 0) is 0 Å². The molecule has 2 N–H and O–H groups in total. The quantitative estimate of drug-likeness (QED) is 0.602. The van der Waals surface area contributed by atoms with Gasteiger partial charge in [-0.3, -0.25) is 0 Å². The molecule has 1 atom stereocenters. The molecule has 1 aromatic rings. The number of anilines is 2.